The Hall–Kier alpha value is -2.92. The zero-order chi connectivity index (χ0) is 22.2. The van der Waals surface area contributed by atoms with Gasteiger partial charge in [0.25, 0.3) is 5.91 Å². The summed E-state index contributed by atoms with van der Waals surface area (Å²) in [7, 11) is -3.40. The lowest BCUT2D eigenvalue weighted by Crippen LogP contribution is -2.21. The predicted molar refractivity (Wildman–Crippen MR) is 113 cm³/mol. The van der Waals surface area contributed by atoms with Gasteiger partial charge in [-0.05, 0) is 36.4 Å². The molecule has 3 aromatic rings. The lowest BCUT2D eigenvalue weighted by molar-refractivity contribution is 0.102. The quantitative estimate of drug-likeness (QED) is 0.594. The second-order valence-corrected chi connectivity index (χ2v) is 9.50. The first-order chi connectivity index (χ1) is 14.8. The van der Waals surface area contributed by atoms with Crippen LogP contribution in [0.5, 0.6) is 5.75 Å². The minimum Gasteiger partial charge on any atom is -0.497 e. The molecule has 0 aliphatic carbocycles. The number of fused-ring (bicyclic) bond motifs is 1. The molecule has 11 heteroatoms. The van der Waals surface area contributed by atoms with E-state index in [0.29, 0.717) is 28.8 Å². The summed E-state index contributed by atoms with van der Waals surface area (Å²) >= 11 is 1.63. The number of halogens is 2. The first-order valence-electron chi connectivity index (χ1n) is 9.08. The number of hydrogen-bond donors (Lipinski definition) is 1. The van der Waals surface area contributed by atoms with E-state index in [0.717, 1.165) is 17.3 Å². The van der Waals surface area contributed by atoms with Gasteiger partial charge in [-0.2, -0.15) is 25.6 Å². The highest BCUT2D eigenvalue weighted by Gasteiger charge is 2.32. The van der Waals surface area contributed by atoms with Crippen molar-refractivity contribution in [1.29, 1.82) is 0 Å². The Morgan fingerprint density at radius 3 is 2.55 bits per heavy atom. The Morgan fingerprint density at radius 2 is 1.87 bits per heavy atom. The first kappa shape index (κ1) is 21.3. The smallest absolute Gasteiger partial charge is 0.341 e. The van der Waals surface area contributed by atoms with Crippen LogP contribution in [-0.2, 0) is 21.3 Å². The molecule has 1 aliphatic heterocycles. The van der Waals surface area contributed by atoms with Gasteiger partial charge >= 0.3 is 5.76 Å². The third-order valence-electron chi connectivity index (χ3n) is 4.77. The van der Waals surface area contributed by atoms with Gasteiger partial charge in [-0.15, -0.1) is 0 Å². The Bertz CT molecular complexity index is 1240. The predicted octanol–water partition coefficient (Wildman–Crippen LogP) is 3.88. The van der Waals surface area contributed by atoms with Crippen LogP contribution in [0, 0.1) is 0 Å². The third kappa shape index (κ3) is 3.90. The van der Waals surface area contributed by atoms with Crippen molar-refractivity contribution in [2.45, 2.75) is 22.2 Å². The zero-order valence-corrected chi connectivity index (χ0v) is 17.8. The summed E-state index contributed by atoms with van der Waals surface area (Å²) < 4.78 is 57.0. The molecule has 1 aromatic heterocycles. The van der Waals surface area contributed by atoms with Crippen molar-refractivity contribution >= 4 is 33.3 Å². The Labute approximate surface area is 181 Å². The normalized spacial score (nSPS) is 13.3. The number of aromatic nitrogens is 2. The molecule has 0 saturated heterocycles. The number of anilines is 1. The number of amides is 1. The van der Waals surface area contributed by atoms with Crippen molar-refractivity contribution < 1.29 is 26.7 Å². The van der Waals surface area contributed by atoms with Crippen molar-refractivity contribution in [1.82, 2.24) is 9.78 Å². The van der Waals surface area contributed by atoms with Gasteiger partial charge in [0.2, 0.25) is 9.84 Å². The van der Waals surface area contributed by atoms with E-state index in [1.165, 1.54) is 18.2 Å². The number of alkyl halides is 2. The number of methoxy groups -OCH3 is 1. The van der Waals surface area contributed by atoms with Gasteiger partial charge in [-0.1, -0.05) is 12.1 Å². The van der Waals surface area contributed by atoms with Gasteiger partial charge in [0.1, 0.15) is 11.6 Å². The lowest BCUT2D eigenvalue weighted by Gasteiger charge is -2.13. The van der Waals surface area contributed by atoms with Crippen molar-refractivity contribution in [2.75, 3.05) is 12.4 Å². The Kier molecular flexibility index (Phi) is 5.71. The van der Waals surface area contributed by atoms with Crippen LogP contribution in [-0.4, -0.2) is 37.0 Å². The molecule has 1 amide bonds. The SMILES string of the molecule is COc1ccc(-n2nc3c(c2NC(=O)c2ccccc2S(=O)(=O)C(F)F)CSC3)cc1. The van der Waals surface area contributed by atoms with Crippen LogP contribution in [0.15, 0.2) is 53.4 Å². The number of rotatable bonds is 6. The summed E-state index contributed by atoms with van der Waals surface area (Å²) in [6.07, 6.45) is 0. The molecule has 2 heterocycles. The van der Waals surface area contributed by atoms with Crippen LogP contribution in [0.4, 0.5) is 14.6 Å². The molecule has 0 radical (unpaired) electrons. The Morgan fingerprint density at radius 1 is 1.16 bits per heavy atom. The van der Waals surface area contributed by atoms with Crippen LogP contribution in [0.3, 0.4) is 0 Å². The van der Waals surface area contributed by atoms with Crippen molar-refractivity contribution in [3.05, 3.63) is 65.4 Å². The fourth-order valence-electron chi connectivity index (χ4n) is 3.22. The first-order valence-corrected chi connectivity index (χ1v) is 11.8. The number of nitrogens with one attached hydrogen (secondary N) is 1. The lowest BCUT2D eigenvalue weighted by atomic mass is 10.2. The summed E-state index contributed by atoms with van der Waals surface area (Å²) in [5.41, 5.74) is 1.90. The number of benzene rings is 2. The number of carbonyl (C=O) groups excluding carboxylic acids is 1. The summed E-state index contributed by atoms with van der Waals surface area (Å²) in [6, 6.07) is 11.9. The van der Waals surface area contributed by atoms with E-state index in [4.69, 9.17) is 4.74 Å². The molecule has 2 aromatic carbocycles. The molecule has 1 N–H and O–H groups in total. The average molecular weight is 466 g/mol. The minimum absolute atomic E-state index is 0.357. The van der Waals surface area contributed by atoms with Gasteiger partial charge in [0.15, 0.2) is 0 Å². The fourth-order valence-corrected chi connectivity index (χ4v) is 5.19. The van der Waals surface area contributed by atoms with Gasteiger partial charge < -0.3 is 10.1 Å². The highest BCUT2D eigenvalue weighted by atomic mass is 32.2. The van der Waals surface area contributed by atoms with Crippen LogP contribution in [0.1, 0.15) is 21.6 Å². The molecule has 162 valence electrons. The topological polar surface area (TPSA) is 90.3 Å². The zero-order valence-electron chi connectivity index (χ0n) is 16.2. The molecule has 1 aliphatic rings. The molecule has 0 saturated carbocycles. The van der Waals surface area contributed by atoms with Crippen molar-refractivity contribution in [3.63, 3.8) is 0 Å². The van der Waals surface area contributed by atoms with E-state index < -0.39 is 26.4 Å². The van der Waals surface area contributed by atoms with E-state index in [9.17, 15) is 22.0 Å². The second kappa shape index (κ2) is 8.31. The molecule has 4 rings (SSSR count). The van der Waals surface area contributed by atoms with Gasteiger partial charge in [0, 0.05) is 17.1 Å². The fraction of sp³-hybridized carbons (Fsp3) is 0.200. The van der Waals surface area contributed by atoms with Crippen LogP contribution in [0.2, 0.25) is 0 Å². The highest BCUT2D eigenvalue weighted by Crippen LogP contribution is 2.36. The molecular formula is C20H17F2N3O4S2. The molecule has 0 atom stereocenters. The number of carbonyl (C=O) groups is 1. The number of thioether (sulfide) groups is 1. The number of nitrogens with zero attached hydrogens (tertiary/aromatic N) is 2. The van der Waals surface area contributed by atoms with Crippen molar-refractivity contribution in [2.24, 2.45) is 0 Å². The highest BCUT2D eigenvalue weighted by molar-refractivity contribution is 7.98. The van der Waals surface area contributed by atoms with Gasteiger partial charge in [0.05, 0.1) is 29.0 Å². The van der Waals surface area contributed by atoms with E-state index >= 15 is 0 Å². The largest absolute Gasteiger partial charge is 0.497 e. The third-order valence-corrected chi connectivity index (χ3v) is 7.18. The van der Waals surface area contributed by atoms with Crippen LogP contribution < -0.4 is 10.1 Å². The summed E-state index contributed by atoms with van der Waals surface area (Å²) in [4.78, 5) is 12.3. The molecule has 0 spiro atoms. The number of hydrogen-bond acceptors (Lipinski definition) is 6. The Balaban J connectivity index is 1.75. The summed E-state index contributed by atoms with van der Waals surface area (Å²) in [5, 5.41) is 7.26. The van der Waals surface area contributed by atoms with E-state index in [2.05, 4.69) is 10.4 Å². The standard InChI is InChI=1S/C20H17F2N3O4S2/c1-29-13-8-6-12(7-9-13)25-18(15-10-30-11-16(15)24-25)23-19(26)14-4-2-3-5-17(14)31(27,28)20(21)22/h2-9,20H,10-11H2,1H3,(H,23,26). The summed E-state index contributed by atoms with van der Waals surface area (Å²) in [5.74, 6) is -2.15. The molecular weight excluding hydrogens is 448 g/mol. The van der Waals surface area contributed by atoms with Gasteiger partial charge in [-0.3, -0.25) is 4.79 Å². The van der Waals surface area contributed by atoms with Crippen LogP contribution >= 0.6 is 11.8 Å². The minimum atomic E-state index is -4.95. The van der Waals surface area contributed by atoms with Gasteiger partial charge in [-0.25, -0.2) is 13.1 Å². The number of ether oxygens (including phenoxy) is 1. The molecule has 0 fully saturated rings. The maximum Gasteiger partial charge on any atom is 0.341 e. The maximum absolute atomic E-state index is 13.1. The van der Waals surface area contributed by atoms with E-state index in [-0.39, 0.29) is 5.56 Å². The summed E-state index contributed by atoms with van der Waals surface area (Å²) in [6.45, 7) is 0. The number of sulfone groups is 1. The molecule has 0 unspecified atom stereocenters. The maximum atomic E-state index is 13.1. The van der Waals surface area contributed by atoms with Crippen molar-refractivity contribution in [3.8, 4) is 11.4 Å². The molecule has 31 heavy (non-hydrogen) atoms. The van der Waals surface area contributed by atoms with E-state index in [1.54, 1.807) is 47.8 Å². The monoisotopic (exact) mass is 465 g/mol. The average Bonchev–Trinajstić information content (AvgIpc) is 3.36. The second-order valence-electron chi connectivity index (χ2n) is 6.63. The van der Waals surface area contributed by atoms with Crippen LogP contribution in [0.25, 0.3) is 5.69 Å². The van der Waals surface area contributed by atoms with E-state index in [1.807, 2.05) is 0 Å². The molecule has 0 bridgehead atoms. The molecule has 7 nitrogen and oxygen atoms in total.